The summed E-state index contributed by atoms with van der Waals surface area (Å²) in [4.78, 5) is 4.14. The van der Waals surface area contributed by atoms with Crippen LogP contribution in [0.25, 0.3) is 0 Å². The zero-order chi connectivity index (χ0) is 12.3. The van der Waals surface area contributed by atoms with Crippen LogP contribution in [0.1, 0.15) is 18.3 Å². The average Bonchev–Trinajstić information content (AvgIpc) is 2.81. The number of H-pyrrole nitrogens is 1. The Kier molecular flexibility index (Phi) is 3.91. The molecule has 0 radical (unpaired) electrons. The van der Waals surface area contributed by atoms with Crippen LogP contribution in [0.2, 0.25) is 5.02 Å². The number of hydrogen-bond acceptors (Lipinski definition) is 3. The van der Waals surface area contributed by atoms with Gasteiger partial charge in [-0.2, -0.15) is 0 Å². The third-order valence-corrected chi connectivity index (χ3v) is 3.83. The Balaban J connectivity index is 2.14. The Morgan fingerprint density at radius 2 is 2.18 bits per heavy atom. The molecule has 1 aromatic heterocycles. The third-order valence-electron chi connectivity index (χ3n) is 2.29. The number of aryl methyl sites for hydroxylation is 1. The molecule has 1 N–H and O–H groups in total. The number of aromatic amines is 1. The van der Waals surface area contributed by atoms with E-state index < -0.39 is 10.8 Å². The minimum atomic E-state index is -1.26. The summed E-state index contributed by atoms with van der Waals surface area (Å²) in [6.45, 7) is 1.96. The van der Waals surface area contributed by atoms with Crippen LogP contribution in [0.4, 0.5) is 0 Å². The van der Waals surface area contributed by atoms with E-state index in [4.69, 9.17) is 11.6 Å². The van der Waals surface area contributed by atoms with Gasteiger partial charge in [0.1, 0.15) is 5.82 Å². The highest BCUT2D eigenvalue weighted by Crippen LogP contribution is 2.18. The summed E-state index contributed by atoms with van der Waals surface area (Å²) in [5.41, 5.74) is 0.843. The predicted molar refractivity (Wildman–Crippen MR) is 67.3 cm³/mol. The molecule has 1 atom stereocenters. The summed E-state index contributed by atoms with van der Waals surface area (Å²) in [7, 11) is -1.26. The van der Waals surface area contributed by atoms with Crippen molar-refractivity contribution >= 4 is 22.4 Å². The van der Waals surface area contributed by atoms with E-state index in [0.717, 1.165) is 17.8 Å². The highest BCUT2D eigenvalue weighted by atomic mass is 35.5. The van der Waals surface area contributed by atoms with Crippen molar-refractivity contribution in [3.8, 4) is 0 Å². The van der Waals surface area contributed by atoms with Gasteiger partial charge in [0.25, 0.3) is 0 Å². The summed E-state index contributed by atoms with van der Waals surface area (Å²) in [5.74, 6) is 1.08. The molecule has 0 saturated heterocycles. The monoisotopic (exact) mass is 269 g/mol. The molecule has 2 aromatic rings. The van der Waals surface area contributed by atoms with Gasteiger partial charge in [0.05, 0.1) is 16.6 Å². The van der Waals surface area contributed by atoms with E-state index in [-0.39, 0.29) is 0 Å². The molecule has 6 heteroatoms. The number of halogens is 1. The fourth-order valence-corrected chi connectivity index (χ4v) is 2.66. The minimum absolute atomic E-state index is 0.334. The first-order valence-electron chi connectivity index (χ1n) is 5.23. The van der Waals surface area contributed by atoms with E-state index in [1.54, 1.807) is 6.07 Å². The van der Waals surface area contributed by atoms with Gasteiger partial charge in [-0.3, -0.25) is 9.31 Å². The zero-order valence-corrected chi connectivity index (χ0v) is 10.9. The topological polar surface area (TPSA) is 58.6 Å². The second-order valence-electron chi connectivity index (χ2n) is 3.50. The fraction of sp³-hybridized carbons (Fsp3) is 0.273. The maximum atomic E-state index is 12.0. The van der Waals surface area contributed by atoms with Crippen LogP contribution in [0.15, 0.2) is 29.4 Å². The van der Waals surface area contributed by atoms with Crippen LogP contribution < -0.4 is 0 Å². The van der Waals surface area contributed by atoms with Gasteiger partial charge in [0.15, 0.2) is 0 Å². The standard InChI is InChI=1S/C11H12ClN3OS/c1-2-10-13-11(15-14-10)17(16)7-8-5-3-4-6-9(8)12/h3-6H,2,7H2,1H3,(H,13,14,15)/t17-/m1/s1. The Hall–Kier alpha value is -1.20. The summed E-state index contributed by atoms with van der Waals surface area (Å²) < 4.78 is 12.0. The SMILES string of the molecule is CCc1nc([S@](=O)Cc2ccccc2Cl)n[nH]1. The largest absolute Gasteiger partial charge is 0.262 e. The fourth-order valence-electron chi connectivity index (χ4n) is 1.36. The van der Waals surface area contributed by atoms with Crippen molar-refractivity contribution in [1.82, 2.24) is 15.2 Å². The molecule has 1 heterocycles. The van der Waals surface area contributed by atoms with Gasteiger partial charge in [0, 0.05) is 11.4 Å². The van der Waals surface area contributed by atoms with Crippen LogP contribution in [0, 0.1) is 0 Å². The first kappa shape index (κ1) is 12.3. The quantitative estimate of drug-likeness (QED) is 0.927. The van der Waals surface area contributed by atoms with Gasteiger partial charge in [-0.25, -0.2) is 4.98 Å². The second-order valence-corrected chi connectivity index (χ2v) is 5.25. The van der Waals surface area contributed by atoms with E-state index in [2.05, 4.69) is 15.2 Å². The number of hydrogen-bond donors (Lipinski definition) is 1. The van der Waals surface area contributed by atoms with Crippen molar-refractivity contribution in [3.05, 3.63) is 40.7 Å². The molecule has 0 unspecified atom stereocenters. The third kappa shape index (κ3) is 2.92. The molecule has 0 amide bonds. The highest BCUT2D eigenvalue weighted by Gasteiger charge is 2.12. The average molecular weight is 270 g/mol. The number of benzene rings is 1. The van der Waals surface area contributed by atoms with Gasteiger partial charge in [-0.1, -0.05) is 36.7 Å². The lowest BCUT2D eigenvalue weighted by Crippen LogP contribution is -1.99. The van der Waals surface area contributed by atoms with Crippen LogP contribution in [-0.4, -0.2) is 19.4 Å². The normalized spacial score (nSPS) is 12.6. The van der Waals surface area contributed by atoms with Gasteiger partial charge in [0.2, 0.25) is 5.16 Å². The molecule has 2 rings (SSSR count). The summed E-state index contributed by atoms with van der Waals surface area (Å²) in [6, 6.07) is 7.35. The Morgan fingerprint density at radius 3 is 2.82 bits per heavy atom. The van der Waals surface area contributed by atoms with Crippen molar-refractivity contribution in [2.75, 3.05) is 0 Å². The van der Waals surface area contributed by atoms with Gasteiger partial charge in [-0.05, 0) is 11.6 Å². The smallest absolute Gasteiger partial charge is 0.239 e. The molecule has 0 saturated carbocycles. The molecule has 0 aliphatic heterocycles. The lowest BCUT2D eigenvalue weighted by atomic mass is 10.2. The van der Waals surface area contributed by atoms with Crippen molar-refractivity contribution < 1.29 is 4.21 Å². The van der Waals surface area contributed by atoms with Crippen LogP contribution in [0.5, 0.6) is 0 Å². The number of rotatable bonds is 4. The van der Waals surface area contributed by atoms with E-state index in [1.165, 1.54) is 0 Å². The Morgan fingerprint density at radius 1 is 1.41 bits per heavy atom. The van der Waals surface area contributed by atoms with E-state index in [1.807, 2.05) is 25.1 Å². The molecule has 0 aliphatic carbocycles. The molecule has 17 heavy (non-hydrogen) atoms. The molecule has 4 nitrogen and oxygen atoms in total. The Bertz CT molecular complexity index is 541. The maximum Gasteiger partial charge on any atom is 0.239 e. The van der Waals surface area contributed by atoms with Crippen molar-refractivity contribution in [2.24, 2.45) is 0 Å². The molecular formula is C11H12ClN3OS. The predicted octanol–water partition coefficient (Wildman–Crippen LogP) is 2.33. The second kappa shape index (κ2) is 5.42. The summed E-state index contributed by atoms with van der Waals surface area (Å²) >= 11 is 6.01. The number of nitrogens with one attached hydrogen (secondary N) is 1. The Labute approximate surface area is 107 Å². The van der Waals surface area contributed by atoms with Gasteiger partial charge in [-0.15, -0.1) is 5.10 Å². The summed E-state index contributed by atoms with van der Waals surface area (Å²) in [6.07, 6.45) is 0.746. The van der Waals surface area contributed by atoms with Crippen LogP contribution >= 0.6 is 11.6 Å². The van der Waals surface area contributed by atoms with E-state index in [9.17, 15) is 4.21 Å². The van der Waals surface area contributed by atoms with Gasteiger partial charge < -0.3 is 0 Å². The van der Waals surface area contributed by atoms with Crippen LogP contribution in [-0.2, 0) is 23.0 Å². The van der Waals surface area contributed by atoms with E-state index >= 15 is 0 Å². The molecule has 0 fully saturated rings. The van der Waals surface area contributed by atoms with Crippen molar-refractivity contribution in [1.29, 1.82) is 0 Å². The number of nitrogens with zero attached hydrogens (tertiary/aromatic N) is 2. The molecule has 0 aliphatic rings. The van der Waals surface area contributed by atoms with Crippen molar-refractivity contribution in [3.63, 3.8) is 0 Å². The van der Waals surface area contributed by atoms with Crippen LogP contribution in [0.3, 0.4) is 0 Å². The summed E-state index contributed by atoms with van der Waals surface area (Å²) in [5, 5.41) is 7.64. The molecule has 1 aromatic carbocycles. The van der Waals surface area contributed by atoms with Crippen molar-refractivity contribution in [2.45, 2.75) is 24.3 Å². The lowest BCUT2D eigenvalue weighted by molar-refractivity contribution is 0.675. The molecule has 0 bridgehead atoms. The highest BCUT2D eigenvalue weighted by molar-refractivity contribution is 7.84. The lowest BCUT2D eigenvalue weighted by Gasteiger charge is -2.01. The number of aromatic nitrogens is 3. The first-order chi connectivity index (χ1) is 8.20. The maximum absolute atomic E-state index is 12.0. The van der Waals surface area contributed by atoms with E-state index in [0.29, 0.717) is 15.9 Å². The molecular weight excluding hydrogens is 258 g/mol. The first-order valence-corrected chi connectivity index (χ1v) is 6.93. The minimum Gasteiger partial charge on any atom is -0.262 e. The molecule has 0 spiro atoms. The zero-order valence-electron chi connectivity index (χ0n) is 9.31. The molecule has 90 valence electrons. The van der Waals surface area contributed by atoms with Gasteiger partial charge >= 0.3 is 0 Å².